The highest BCUT2D eigenvalue weighted by Crippen LogP contribution is 2.26. The number of rotatable bonds is 4. The van der Waals surface area contributed by atoms with Gasteiger partial charge >= 0.3 is 0 Å². The summed E-state index contributed by atoms with van der Waals surface area (Å²) in [5.74, 6) is 1.68. The predicted octanol–water partition coefficient (Wildman–Crippen LogP) is 2.90. The van der Waals surface area contributed by atoms with Crippen molar-refractivity contribution in [2.24, 2.45) is 17.3 Å². The lowest BCUT2D eigenvalue weighted by Crippen LogP contribution is -2.26. The number of likely N-dealkylation sites (tertiary alicyclic amines) is 1. The number of nitrogens with zero attached hydrogens (tertiary/aromatic N) is 2. The molecule has 0 aromatic carbocycles. The first-order chi connectivity index (χ1) is 6.94. The van der Waals surface area contributed by atoms with Crippen LogP contribution in [0.2, 0.25) is 0 Å². The van der Waals surface area contributed by atoms with Crippen molar-refractivity contribution in [2.75, 3.05) is 19.6 Å². The first kappa shape index (κ1) is 12.5. The fourth-order valence-electron chi connectivity index (χ4n) is 2.10. The largest absolute Gasteiger partial charge is 0.303 e. The molecule has 0 radical (unpaired) electrons. The molecule has 1 aliphatic heterocycles. The second-order valence-corrected chi connectivity index (χ2v) is 5.84. The molecule has 0 aromatic heterocycles. The van der Waals surface area contributed by atoms with Gasteiger partial charge in [0.25, 0.3) is 0 Å². The van der Waals surface area contributed by atoms with Crippen LogP contribution in [0.4, 0.5) is 0 Å². The predicted molar refractivity (Wildman–Crippen MR) is 63.4 cm³/mol. The summed E-state index contributed by atoms with van der Waals surface area (Å²) < 4.78 is 0. The lowest BCUT2D eigenvalue weighted by molar-refractivity contribution is 0.268. The third-order valence-electron chi connectivity index (χ3n) is 3.61. The Labute approximate surface area is 94.3 Å². The highest BCUT2D eigenvalue weighted by Gasteiger charge is 2.26. The van der Waals surface area contributed by atoms with E-state index < -0.39 is 0 Å². The molecule has 86 valence electrons. The minimum Gasteiger partial charge on any atom is -0.303 e. The van der Waals surface area contributed by atoms with Crippen LogP contribution < -0.4 is 0 Å². The molecule has 1 heterocycles. The maximum atomic E-state index is 8.94. The highest BCUT2D eigenvalue weighted by atomic mass is 15.1. The standard InChI is InChI=1S/C13H24N2/c1-11(2)12-5-7-15(9-12)8-6-13(3,4)10-14/h11-12H,5-9H2,1-4H3. The SMILES string of the molecule is CC(C)C1CCN(CCC(C)(C)C#N)C1. The smallest absolute Gasteiger partial charge is 0.0684 e. The molecule has 2 nitrogen and oxygen atoms in total. The van der Waals surface area contributed by atoms with Gasteiger partial charge in [-0.1, -0.05) is 13.8 Å². The molecular formula is C13H24N2. The molecule has 1 saturated heterocycles. The molecule has 1 fully saturated rings. The highest BCUT2D eigenvalue weighted by molar-refractivity contribution is 4.92. The second-order valence-electron chi connectivity index (χ2n) is 5.84. The minimum atomic E-state index is -0.157. The van der Waals surface area contributed by atoms with Gasteiger partial charge in [0, 0.05) is 6.54 Å². The molecule has 0 aliphatic carbocycles. The first-order valence-corrected chi connectivity index (χ1v) is 6.08. The van der Waals surface area contributed by atoms with Crippen molar-refractivity contribution in [3.05, 3.63) is 0 Å². The van der Waals surface area contributed by atoms with E-state index in [9.17, 15) is 0 Å². The van der Waals surface area contributed by atoms with E-state index in [1.54, 1.807) is 0 Å². The van der Waals surface area contributed by atoms with Crippen LogP contribution in [0.25, 0.3) is 0 Å². The summed E-state index contributed by atoms with van der Waals surface area (Å²) in [4.78, 5) is 2.52. The summed E-state index contributed by atoms with van der Waals surface area (Å²) in [5.41, 5.74) is -0.157. The zero-order valence-corrected chi connectivity index (χ0v) is 10.6. The lowest BCUT2D eigenvalue weighted by Gasteiger charge is -2.21. The van der Waals surface area contributed by atoms with E-state index in [4.69, 9.17) is 5.26 Å². The molecule has 0 N–H and O–H groups in total. The molecular weight excluding hydrogens is 184 g/mol. The van der Waals surface area contributed by atoms with E-state index >= 15 is 0 Å². The minimum absolute atomic E-state index is 0.157. The maximum Gasteiger partial charge on any atom is 0.0684 e. The van der Waals surface area contributed by atoms with Crippen molar-refractivity contribution in [3.8, 4) is 6.07 Å². The van der Waals surface area contributed by atoms with Crippen molar-refractivity contribution in [1.82, 2.24) is 4.90 Å². The molecule has 0 saturated carbocycles. The quantitative estimate of drug-likeness (QED) is 0.710. The number of hydrogen-bond donors (Lipinski definition) is 0. The lowest BCUT2D eigenvalue weighted by atomic mass is 9.91. The van der Waals surface area contributed by atoms with Crippen molar-refractivity contribution in [1.29, 1.82) is 5.26 Å². The van der Waals surface area contributed by atoms with Crippen LogP contribution in [-0.2, 0) is 0 Å². The van der Waals surface area contributed by atoms with Gasteiger partial charge in [0.2, 0.25) is 0 Å². The van der Waals surface area contributed by atoms with E-state index in [2.05, 4.69) is 24.8 Å². The van der Waals surface area contributed by atoms with Gasteiger partial charge in [-0.15, -0.1) is 0 Å². The Balaban J connectivity index is 2.29. The van der Waals surface area contributed by atoms with Crippen LogP contribution in [0.3, 0.4) is 0 Å². The first-order valence-electron chi connectivity index (χ1n) is 6.08. The van der Waals surface area contributed by atoms with Gasteiger partial charge in [-0.25, -0.2) is 0 Å². The van der Waals surface area contributed by atoms with Crippen LogP contribution in [0, 0.1) is 28.6 Å². The number of nitriles is 1. The summed E-state index contributed by atoms with van der Waals surface area (Å²) in [5, 5.41) is 8.94. The van der Waals surface area contributed by atoms with E-state index in [-0.39, 0.29) is 5.41 Å². The van der Waals surface area contributed by atoms with Gasteiger partial charge in [-0.05, 0) is 51.6 Å². The Morgan fingerprint density at radius 2 is 2.13 bits per heavy atom. The molecule has 1 rings (SSSR count). The fraction of sp³-hybridized carbons (Fsp3) is 0.923. The molecule has 1 unspecified atom stereocenters. The molecule has 1 atom stereocenters. The molecule has 0 spiro atoms. The van der Waals surface area contributed by atoms with Gasteiger partial charge in [0.15, 0.2) is 0 Å². The summed E-state index contributed by atoms with van der Waals surface area (Å²) >= 11 is 0. The van der Waals surface area contributed by atoms with Crippen molar-refractivity contribution >= 4 is 0 Å². The molecule has 0 bridgehead atoms. The second kappa shape index (κ2) is 4.99. The fourth-order valence-corrected chi connectivity index (χ4v) is 2.10. The average Bonchev–Trinajstić information content (AvgIpc) is 2.63. The average molecular weight is 208 g/mol. The molecule has 15 heavy (non-hydrogen) atoms. The zero-order valence-electron chi connectivity index (χ0n) is 10.6. The van der Waals surface area contributed by atoms with Crippen LogP contribution in [0.1, 0.15) is 40.5 Å². The van der Waals surface area contributed by atoms with Crippen molar-refractivity contribution < 1.29 is 0 Å². The van der Waals surface area contributed by atoms with Crippen molar-refractivity contribution in [2.45, 2.75) is 40.5 Å². The zero-order chi connectivity index (χ0) is 11.5. The van der Waals surface area contributed by atoms with E-state index in [0.717, 1.165) is 24.8 Å². The third-order valence-corrected chi connectivity index (χ3v) is 3.61. The summed E-state index contributed by atoms with van der Waals surface area (Å²) in [6, 6.07) is 2.37. The Bertz CT molecular complexity index is 237. The molecule has 0 aromatic rings. The van der Waals surface area contributed by atoms with Gasteiger partial charge in [0.1, 0.15) is 0 Å². The van der Waals surface area contributed by atoms with Gasteiger partial charge in [-0.2, -0.15) is 5.26 Å². The summed E-state index contributed by atoms with van der Waals surface area (Å²) in [6.07, 6.45) is 2.33. The normalized spacial score (nSPS) is 23.3. The molecule has 0 amide bonds. The van der Waals surface area contributed by atoms with Crippen LogP contribution >= 0.6 is 0 Å². The van der Waals surface area contributed by atoms with E-state index in [0.29, 0.717) is 0 Å². The Morgan fingerprint density at radius 3 is 2.60 bits per heavy atom. The maximum absolute atomic E-state index is 8.94. The Hall–Kier alpha value is -0.550. The van der Waals surface area contributed by atoms with E-state index in [1.165, 1.54) is 19.5 Å². The molecule has 1 aliphatic rings. The third kappa shape index (κ3) is 3.83. The Kier molecular flexibility index (Phi) is 4.16. The van der Waals surface area contributed by atoms with Gasteiger partial charge in [0.05, 0.1) is 11.5 Å². The van der Waals surface area contributed by atoms with Gasteiger partial charge in [-0.3, -0.25) is 0 Å². The van der Waals surface area contributed by atoms with Crippen LogP contribution in [0.5, 0.6) is 0 Å². The van der Waals surface area contributed by atoms with Crippen molar-refractivity contribution in [3.63, 3.8) is 0 Å². The van der Waals surface area contributed by atoms with Crippen LogP contribution in [0.15, 0.2) is 0 Å². The number of hydrogen-bond acceptors (Lipinski definition) is 2. The topological polar surface area (TPSA) is 27.0 Å². The molecule has 2 heteroatoms. The summed E-state index contributed by atoms with van der Waals surface area (Å²) in [7, 11) is 0. The Morgan fingerprint density at radius 1 is 1.47 bits per heavy atom. The van der Waals surface area contributed by atoms with Gasteiger partial charge < -0.3 is 4.90 Å². The summed E-state index contributed by atoms with van der Waals surface area (Å²) in [6.45, 7) is 12.2. The monoisotopic (exact) mass is 208 g/mol. The van der Waals surface area contributed by atoms with E-state index in [1.807, 2.05) is 13.8 Å². The van der Waals surface area contributed by atoms with Crippen LogP contribution in [-0.4, -0.2) is 24.5 Å².